The summed E-state index contributed by atoms with van der Waals surface area (Å²) < 4.78 is 0. The number of amides is 1. The number of rotatable bonds is 3. The Hall–Kier alpha value is -3.66. The van der Waals surface area contributed by atoms with E-state index in [4.69, 9.17) is 4.98 Å². The van der Waals surface area contributed by atoms with Gasteiger partial charge in [0.15, 0.2) is 0 Å². The summed E-state index contributed by atoms with van der Waals surface area (Å²) in [5.74, 6) is 0.0992. The van der Waals surface area contributed by atoms with Crippen LogP contribution in [0.4, 0.5) is 5.69 Å². The number of benzene rings is 3. The third-order valence-electron chi connectivity index (χ3n) is 6.36. The van der Waals surface area contributed by atoms with Gasteiger partial charge in [-0.15, -0.1) is 0 Å². The summed E-state index contributed by atoms with van der Waals surface area (Å²) in [7, 11) is 0. The molecule has 1 amide bonds. The molecule has 0 unspecified atom stereocenters. The van der Waals surface area contributed by atoms with Gasteiger partial charge in [0, 0.05) is 42.8 Å². The molecule has 0 atom stereocenters. The van der Waals surface area contributed by atoms with Crippen molar-refractivity contribution in [1.29, 1.82) is 0 Å². The van der Waals surface area contributed by atoms with Crippen LogP contribution in [-0.4, -0.2) is 42.0 Å². The van der Waals surface area contributed by atoms with Gasteiger partial charge in [0.2, 0.25) is 0 Å². The quantitative estimate of drug-likeness (QED) is 0.439. The third kappa shape index (κ3) is 3.73. The molecule has 160 valence electrons. The first-order valence-corrected chi connectivity index (χ1v) is 11.2. The summed E-state index contributed by atoms with van der Waals surface area (Å²) in [6.07, 6.45) is 0. The van der Waals surface area contributed by atoms with Crippen molar-refractivity contribution in [1.82, 2.24) is 9.88 Å². The Morgan fingerprint density at radius 1 is 0.781 bits per heavy atom. The van der Waals surface area contributed by atoms with Crippen LogP contribution in [0.5, 0.6) is 0 Å². The van der Waals surface area contributed by atoms with Gasteiger partial charge in [-0.25, -0.2) is 4.98 Å². The summed E-state index contributed by atoms with van der Waals surface area (Å²) in [5, 5.41) is 0.927. The zero-order valence-electron chi connectivity index (χ0n) is 18.6. The topological polar surface area (TPSA) is 36.4 Å². The number of piperazine rings is 1. The van der Waals surface area contributed by atoms with E-state index in [2.05, 4.69) is 60.4 Å². The molecule has 0 bridgehead atoms. The molecule has 1 aromatic heterocycles. The zero-order chi connectivity index (χ0) is 22.1. The molecule has 1 saturated heterocycles. The molecule has 1 aliphatic heterocycles. The first-order valence-electron chi connectivity index (χ1n) is 11.2. The Morgan fingerprint density at radius 2 is 1.44 bits per heavy atom. The highest BCUT2D eigenvalue weighted by Crippen LogP contribution is 2.31. The van der Waals surface area contributed by atoms with Crippen molar-refractivity contribution in [3.8, 4) is 11.3 Å². The van der Waals surface area contributed by atoms with Gasteiger partial charge in [0.25, 0.3) is 5.91 Å². The van der Waals surface area contributed by atoms with E-state index >= 15 is 0 Å². The Bertz CT molecular complexity index is 1260. The van der Waals surface area contributed by atoms with E-state index in [9.17, 15) is 4.79 Å². The van der Waals surface area contributed by atoms with Crippen molar-refractivity contribution in [2.24, 2.45) is 0 Å². The van der Waals surface area contributed by atoms with Crippen LogP contribution in [-0.2, 0) is 0 Å². The van der Waals surface area contributed by atoms with E-state index in [0.717, 1.165) is 46.4 Å². The molecule has 0 radical (unpaired) electrons. The molecule has 4 aromatic rings. The highest BCUT2D eigenvalue weighted by Gasteiger charge is 2.26. The van der Waals surface area contributed by atoms with Gasteiger partial charge in [0.1, 0.15) is 0 Å². The molecule has 0 N–H and O–H groups in total. The fourth-order valence-corrected chi connectivity index (χ4v) is 4.54. The van der Waals surface area contributed by atoms with E-state index in [0.29, 0.717) is 13.1 Å². The van der Waals surface area contributed by atoms with Gasteiger partial charge < -0.3 is 9.80 Å². The van der Waals surface area contributed by atoms with Gasteiger partial charge in [-0.2, -0.15) is 0 Å². The number of aryl methyl sites for hydroxylation is 1. The molecule has 2 heterocycles. The third-order valence-corrected chi connectivity index (χ3v) is 6.36. The van der Waals surface area contributed by atoms with E-state index in [1.54, 1.807) is 0 Å². The molecular formula is C28H27N3O. The second kappa shape index (κ2) is 8.46. The normalized spacial score (nSPS) is 14.1. The Labute approximate surface area is 189 Å². The lowest BCUT2D eigenvalue weighted by Gasteiger charge is -2.36. The number of carbonyl (C=O) groups excluding carboxylic acids is 1. The summed E-state index contributed by atoms with van der Waals surface area (Å²) in [5.41, 5.74) is 6.94. The van der Waals surface area contributed by atoms with Crippen LogP contribution >= 0.6 is 0 Å². The highest BCUT2D eigenvalue weighted by molar-refractivity contribution is 6.09. The number of anilines is 1. The molecule has 1 aliphatic rings. The molecule has 0 spiro atoms. The number of carbonyl (C=O) groups is 1. The molecule has 3 aromatic carbocycles. The molecule has 4 heteroatoms. The predicted octanol–water partition coefficient (Wildman–Crippen LogP) is 5.48. The van der Waals surface area contributed by atoms with E-state index in [1.165, 1.54) is 11.3 Å². The minimum absolute atomic E-state index is 0.0992. The number of para-hydroxylation sites is 2. The van der Waals surface area contributed by atoms with E-state index < -0.39 is 0 Å². The number of fused-ring (bicyclic) bond motifs is 1. The molecule has 0 aliphatic carbocycles. The molecule has 4 nitrogen and oxygen atoms in total. The molecule has 0 saturated carbocycles. The van der Waals surface area contributed by atoms with Crippen molar-refractivity contribution in [3.05, 3.63) is 95.6 Å². The lowest BCUT2D eigenvalue weighted by atomic mass is 9.96. The monoisotopic (exact) mass is 421 g/mol. The maximum Gasteiger partial charge on any atom is 0.255 e. The fourth-order valence-electron chi connectivity index (χ4n) is 4.54. The van der Waals surface area contributed by atoms with Crippen molar-refractivity contribution in [2.75, 3.05) is 31.1 Å². The SMILES string of the molecule is Cc1ccc(-c2nc3ccccc3c(C(=O)N3CCN(c4ccccc4)CC3)c2C)cc1. The van der Waals surface area contributed by atoms with Gasteiger partial charge in [0.05, 0.1) is 16.8 Å². The van der Waals surface area contributed by atoms with Crippen molar-refractivity contribution < 1.29 is 4.79 Å². The zero-order valence-corrected chi connectivity index (χ0v) is 18.6. The summed E-state index contributed by atoms with van der Waals surface area (Å²) in [4.78, 5) is 23.1. The summed E-state index contributed by atoms with van der Waals surface area (Å²) in [6.45, 7) is 7.20. The fraction of sp³-hybridized carbons (Fsp3) is 0.214. The second-order valence-electron chi connectivity index (χ2n) is 8.46. The standard InChI is InChI=1S/C28H27N3O/c1-20-12-14-22(15-13-20)27-21(2)26(24-10-6-7-11-25(24)29-27)28(32)31-18-16-30(17-19-31)23-8-4-3-5-9-23/h3-15H,16-19H2,1-2H3. The minimum Gasteiger partial charge on any atom is -0.368 e. The van der Waals surface area contributed by atoms with Crippen LogP contribution in [0.2, 0.25) is 0 Å². The van der Waals surface area contributed by atoms with E-state index in [1.807, 2.05) is 42.2 Å². The first kappa shape index (κ1) is 20.3. The number of nitrogens with zero attached hydrogens (tertiary/aromatic N) is 3. The maximum atomic E-state index is 13.8. The van der Waals surface area contributed by atoms with Gasteiger partial charge in [-0.1, -0.05) is 66.2 Å². The van der Waals surface area contributed by atoms with Crippen molar-refractivity contribution in [2.45, 2.75) is 13.8 Å². The smallest absolute Gasteiger partial charge is 0.255 e. The average Bonchev–Trinajstić information content (AvgIpc) is 2.84. The van der Waals surface area contributed by atoms with Crippen molar-refractivity contribution in [3.63, 3.8) is 0 Å². The number of hydrogen-bond donors (Lipinski definition) is 0. The summed E-state index contributed by atoms with van der Waals surface area (Å²) in [6, 6.07) is 26.8. The second-order valence-corrected chi connectivity index (χ2v) is 8.46. The first-order chi connectivity index (χ1) is 15.6. The average molecular weight is 422 g/mol. The number of aromatic nitrogens is 1. The molecular weight excluding hydrogens is 394 g/mol. The number of hydrogen-bond acceptors (Lipinski definition) is 3. The summed E-state index contributed by atoms with van der Waals surface area (Å²) >= 11 is 0. The van der Waals surface area contributed by atoms with Crippen LogP contribution in [0.15, 0.2) is 78.9 Å². The van der Waals surface area contributed by atoms with E-state index in [-0.39, 0.29) is 5.91 Å². The van der Waals surface area contributed by atoms with Crippen LogP contribution in [0.25, 0.3) is 22.2 Å². The predicted molar refractivity (Wildman–Crippen MR) is 131 cm³/mol. The lowest BCUT2D eigenvalue weighted by molar-refractivity contribution is 0.0748. The molecule has 5 rings (SSSR count). The highest BCUT2D eigenvalue weighted by atomic mass is 16.2. The Balaban J connectivity index is 1.50. The lowest BCUT2D eigenvalue weighted by Crippen LogP contribution is -2.49. The van der Waals surface area contributed by atoms with Crippen LogP contribution in [0.3, 0.4) is 0 Å². The minimum atomic E-state index is 0.0992. The van der Waals surface area contributed by atoms with Gasteiger partial charge >= 0.3 is 0 Å². The molecule has 1 fully saturated rings. The Morgan fingerprint density at radius 3 is 2.16 bits per heavy atom. The van der Waals surface area contributed by atoms with Crippen molar-refractivity contribution >= 4 is 22.5 Å². The van der Waals surface area contributed by atoms with Crippen LogP contribution < -0.4 is 4.90 Å². The maximum absolute atomic E-state index is 13.8. The van der Waals surface area contributed by atoms with Crippen LogP contribution in [0.1, 0.15) is 21.5 Å². The molecule has 32 heavy (non-hydrogen) atoms. The largest absolute Gasteiger partial charge is 0.368 e. The van der Waals surface area contributed by atoms with Gasteiger partial charge in [-0.3, -0.25) is 4.79 Å². The Kier molecular flexibility index (Phi) is 5.36. The van der Waals surface area contributed by atoms with Crippen LogP contribution in [0, 0.1) is 13.8 Å². The number of pyridine rings is 1. The van der Waals surface area contributed by atoms with Gasteiger partial charge in [-0.05, 0) is 37.6 Å².